The van der Waals surface area contributed by atoms with E-state index in [4.69, 9.17) is 9.15 Å². The minimum absolute atomic E-state index is 0.00768. The molecule has 4 aromatic rings. The maximum absolute atomic E-state index is 12.1. The third-order valence-electron chi connectivity index (χ3n) is 5.18. The first-order chi connectivity index (χ1) is 14.3. The van der Waals surface area contributed by atoms with E-state index >= 15 is 0 Å². The zero-order chi connectivity index (χ0) is 21.3. The fourth-order valence-corrected chi connectivity index (χ4v) is 3.44. The maximum Gasteiger partial charge on any atom is 0.336 e. The molecule has 30 heavy (non-hydrogen) atoms. The average molecular weight is 399 g/mol. The molecule has 0 spiro atoms. The smallest absolute Gasteiger partial charge is 0.336 e. The van der Waals surface area contributed by atoms with Crippen LogP contribution in [0.4, 0.5) is 11.4 Å². The Morgan fingerprint density at radius 1 is 0.833 bits per heavy atom. The first kappa shape index (κ1) is 19.8. The predicted molar refractivity (Wildman–Crippen MR) is 123 cm³/mol. The Bertz CT molecular complexity index is 1230. The molecule has 4 nitrogen and oxygen atoms in total. The van der Waals surface area contributed by atoms with E-state index in [9.17, 15) is 4.79 Å². The summed E-state index contributed by atoms with van der Waals surface area (Å²) in [5, 5.41) is 4.32. The van der Waals surface area contributed by atoms with Gasteiger partial charge in [0.15, 0.2) is 0 Å². The number of methoxy groups -OCH3 is 1. The van der Waals surface area contributed by atoms with Crippen molar-refractivity contribution in [3.05, 3.63) is 88.8 Å². The van der Waals surface area contributed by atoms with Gasteiger partial charge in [0, 0.05) is 22.8 Å². The van der Waals surface area contributed by atoms with Gasteiger partial charge in [0.2, 0.25) is 0 Å². The number of ether oxygens (including phenoxy) is 1. The minimum atomic E-state index is -0.346. The quantitative estimate of drug-likeness (QED) is 0.397. The fourth-order valence-electron chi connectivity index (χ4n) is 3.44. The molecule has 3 aromatic carbocycles. The normalized spacial score (nSPS) is 11.5. The van der Waals surface area contributed by atoms with E-state index in [0.717, 1.165) is 33.6 Å². The van der Waals surface area contributed by atoms with E-state index in [2.05, 4.69) is 32.2 Å². The highest BCUT2D eigenvalue weighted by Gasteiger charge is 2.16. The Morgan fingerprint density at radius 2 is 1.47 bits per heavy atom. The molecular weight excluding hydrogens is 374 g/mol. The molecule has 4 heteroatoms. The van der Waals surface area contributed by atoms with Gasteiger partial charge >= 0.3 is 5.63 Å². The molecule has 0 atom stereocenters. The van der Waals surface area contributed by atoms with E-state index in [1.165, 1.54) is 5.56 Å². The van der Waals surface area contributed by atoms with Crippen LogP contribution in [0.25, 0.3) is 22.1 Å². The zero-order valence-corrected chi connectivity index (χ0v) is 17.7. The van der Waals surface area contributed by atoms with Crippen molar-refractivity contribution in [1.82, 2.24) is 0 Å². The van der Waals surface area contributed by atoms with Gasteiger partial charge < -0.3 is 14.5 Å². The summed E-state index contributed by atoms with van der Waals surface area (Å²) < 4.78 is 10.6. The van der Waals surface area contributed by atoms with Gasteiger partial charge in [-0.15, -0.1) is 0 Å². The SMILES string of the molecule is COc1ccc(Nc2ccc(-c3cc(=O)oc4ccc(C(C)(C)C)cc34)cc2)cc1. The van der Waals surface area contributed by atoms with Crippen LogP contribution in [0, 0.1) is 0 Å². The highest BCUT2D eigenvalue weighted by molar-refractivity contribution is 5.94. The minimum Gasteiger partial charge on any atom is -0.497 e. The molecule has 152 valence electrons. The second-order valence-electron chi connectivity index (χ2n) is 8.37. The van der Waals surface area contributed by atoms with Gasteiger partial charge in [-0.3, -0.25) is 0 Å². The van der Waals surface area contributed by atoms with Crippen LogP contribution in [0.5, 0.6) is 5.75 Å². The lowest BCUT2D eigenvalue weighted by Gasteiger charge is -2.19. The Morgan fingerprint density at radius 3 is 2.07 bits per heavy atom. The van der Waals surface area contributed by atoms with E-state index in [-0.39, 0.29) is 11.0 Å². The second-order valence-corrected chi connectivity index (χ2v) is 8.37. The topological polar surface area (TPSA) is 51.5 Å². The number of nitrogens with one attached hydrogen (secondary N) is 1. The maximum atomic E-state index is 12.1. The first-order valence-electron chi connectivity index (χ1n) is 9.93. The van der Waals surface area contributed by atoms with Crippen molar-refractivity contribution in [2.24, 2.45) is 0 Å². The van der Waals surface area contributed by atoms with Crippen LogP contribution in [0.3, 0.4) is 0 Å². The summed E-state index contributed by atoms with van der Waals surface area (Å²) >= 11 is 0. The first-order valence-corrected chi connectivity index (χ1v) is 9.93. The van der Waals surface area contributed by atoms with E-state index in [1.807, 2.05) is 60.7 Å². The molecule has 1 N–H and O–H groups in total. The van der Waals surface area contributed by atoms with Gasteiger partial charge in [0.1, 0.15) is 11.3 Å². The monoisotopic (exact) mass is 399 g/mol. The van der Waals surface area contributed by atoms with Gasteiger partial charge in [0.05, 0.1) is 7.11 Å². The van der Waals surface area contributed by atoms with E-state index in [1.54, 1.807) is 13.2 Å². The lowest BCUT2D eigenvalue weighted by Crippen LogP contribution is -2.11. The van der Waals surface area contributed by atoms with E-state index < -0.39 is 0 Å². The van der Waals surface area contributed by atoms with Crippen LogP contribution < -0.4 is 15.7 Å². The lowest BCUT2D eigenvalue weighted by atomic mass is 9.85. The molecular formula is C26H25NO3. The highest BCUT2D eigenvalue weighted by Crippen LogP contribution is 2.32. The molecule has 0 saturated carbocycles. The summed E-state index contributed by atoms with van der Waals surface area (Å²) in [6.45, 7) is 6.52. The van der Waals surface area contributed by atoms with Crippen molar-refractivity contribution in [2.45, 2.75) is 26.2 Å². The summed E-state index contributed by atoms with van der Waals surface area (Å²) in [7, 11) is 1.65. The van der Waals surface area contributed by atoms with Gasteiger partial charge in [-0.05, 0) is 70.6 Å². The van der Waals surface area contributed by atoms with Crippen molar-refractivity contribution >= 4 is 22.3 Å². The van der Waals surface area contributed by atoms with Gasteiger partial charge in [0.25, 0.3) is 0 Å². The molecule has 1 aromatic heterocycles. The standard InChI is InChI=1S/C26H25NO3/c1-26(2,3)18-7-14-24-23(15-18)22(16-25(28)30-24)17-5-8-19(9-6-17)27-20-10-12-21(29-4)13-11-20/h5-16,27H,1-4H3. The summed E-state index contributed by atoms with van der Waals surface area (Å²) in [4.78, 5) is 12.1. The Hall–Kier alpha value is -3.53. The molecule has 0 saturated heterocycles. The second kappa shape index (κ2) is 7.71. The summed E-state index contributed by atoms with van der Waals surface area (Å²) in [6.07, 6.45) is 0. The number of fused-ring (bicyclic) bond motifs is 1. The average Bonchev–Trinajstić information content (AvgIpc) is 2.73. The zero-order valence-electron chi connectivity index (χ0n) is 17.7. The van der Waals surface area contributed by atoms with Crippen LogP contribution in [0.15, 0.2) is 82.0 Å². The van der Waals surface area contributed by atoms with Gasteiger partial charge in [-0.2, -0.15) is 0 Å². The van der Waals surface area contributed by atoms with Crippen LogP contribution in [-0.2, 0) is 5.41 Å². The number of anilines is 2. The summed E-state index contributed by atoms with van der Waals surface area (Å²) in [6, 6.07) is 23.4. The van der Waals surface area contributed by atoms with Crippen molar-refractivity contribution in [3.63, 3.8) is 0 Å². The fraction of sp³-hybridized carbons (Fsp3) is 0.192. The van der Waals surface area contributed by atoms with Crippen molar-refractivity contribution < 1.29 is 9.15 Å². The van der Waals surface area contributed by atoms with Crippen molar-refractivity contribution in [2.75, 3.05) is 12.4 Å². The van der Waals surface area contributed by atoms with Gasteiger partial charge in [-0.25, -0.2) is 4.79 Å². The molecule has 4 rings (SSSR count). The Kier molecular flexibility index (Phi) is 5.08. The van der Waals surface area contributed by atoms with Crippen LogP contribution in [0.1, 0.15) is 26.3 Å². The molecule has 0 fully saturated rings. The molecule has 0 unspecified atom stereocenters. The Balaban J connectivity index is 1.70. The molecule has 0 bridgehead atoms. The summed E-state index contributed by atoms with van der Waals surface area (Å²) in [5.74, 6) is 0.820. The predicted octanol–water partition coefficient (Wildman–Crippen LogP) is 6.51. The van der Waals surface area contributed by atoms with Crippen LogP contribution in [-0.4, -0.2) is 7.11 Å². The highest BCUT2D eigenvalue weighted by atomic mass is 16.5. The third kappa shape index (κ3) is 4.08. The largest absolute Gasteiger partial charge is 0.497 e. The number of hydrogen-bond donors (Lipinski definition) is 1. The Labute approximate surface area is 176 Å². The number of hydrogen-bond acceptors (Lipinski definition) is 4. The van der Waals surface area contributed by atoms with Crippen molar-refractivity contribution in [1.29, 1.82) is 0 Å². The third-order valence-corrected chi connectivity index (χ3v) is 5.18. The molecule has 1 heterocycles. The summed E-state index contributed by atoms with van der Waals surface area (Å²) in [5.41, 5.74) is 5.25. The lowest BCUT2D eigenvalue weighted by molar-refractivity contribution is 0.415. The number of benzene rings is 3. The molecule has 0 aliphatic heterocycles. The molecule has 0 amide bonds. The van der Waals surface area contributed by atoms with Crippen LogP contribution in [0.2, 0.25) is 0 Å². The number of rotatable bonds is 4. The van der Waals surface area contributed by atoms with Crippen LogP contribution >= 0.6 is 0 Å². The molecule has 0 radical (unpaired) electrons. The van der Waals surface area contributed by atoms with E-state index in [0.29, 0.717) is 5.58 Å². The van der Waals surface area contributed by atoms with Crippen molar-refractivity contribution in [3.8, 4) is 16.9 Å². The molecule has 0 aliphatic carbocycles. The molecule has 0 aliphatic rings. The van der Waals surface area contributed by atoms with Gasteiger partial charge in [-0.1, -0.05) is 39.0 Å².